The second kappa shape index (κ2) is 7.18. The van der Waals surface area contributed by atoms with Gasteiger partial charge in [-0.2, -0.15) is 18.3 Å². The molecule has 4 nitrogen and oxygen atoms in total. The molecule has 0 bridgehead atoms. The molecule has 3 rings (SSSR count). The fourth-order valence-corrected chi connectivity index (χ4v) is 2.48. The average molecular weight is 381 g/mol. The van der Waals surface area contributed by atoms with Gasteiger partial charge in [-0.3, -0.25) is 4.79 Å². The van der Waals surface area contributed by atoms with Gasteiger partial charge in [0.05, 0.1) is 17.4 Å². The predicted molar refractivity (Wildman–Crippen MR) is 86.1 cm³/mol. The Kier molecular flexibility index (Phi) is 4.93. The van der Waals surface area contributed by atoms with Gasteiger partial charge in [0.2, 0.25) is 0 Å². The van der Waals surface area contributed by atoms with Crippen molar-refractivity contribution in [2.24, 2.45) is 0 Å². The van der Waals surface area contributed by atoms with Crippen LogP contribution in [0.5, 0.6) is 0 Å². The van der Waals surface area contributed by atoms with E-state index in [9.17, 15) is 26.7 Å². The van der Waals surface area contributed by atoms with Crippen molar-refractivity contribution in [1.29, 1.82) is 0 Å². The lowest BCUT2D eigenvalue weighted by Gasteiger charge is -2.13. The van der Waals surface area contributed by atoms with Gasteiger partial charge in [-0.1, -0.05) is 18.2 Å². The minimum atomic E-state index is -4.89. The second-order valence-electron chi connectivity index (χ2n) is 5.57. The molecule has 0 spiro atoms. The number of nitrogens with one attached hydrogen (secondary N) is 1. The molecule has 1 N–H and O–H groups in total. The standard InChI is InChI=1S/C18H12F5N3O/c19-12-5-7-13(8-6-12)26-16(18(21,22)23)14(10-25-26)17(27)24-9-11-3-1-2-4-15(11)20/h1-8,10H,9H2,(H,24,27). The van der Waals surface area contributed by atoms with Gasteiger partial charge in [0.25, 0.3) is 5.91 Å². The van der Waals surface area contributed by atoms with Gasteiger partial charge in [-0.15, -0.1) is 0 Å². The monoisotopic (exact) mass is 381 g/mol. The highest BCUT2D eigenvalue weighted by atomic mass is 19.4. The number of carbonyl (C=O) groups excluding carboxylic acids is 1. The number of aromatic nitrogens is 2. The molecule has 0 saturated carbocycles. The molecule has 9 heteroatoms. The van der Waals surface area contributed by atoms with E-state index in [1.807, 2.05) is 0 Å². The topological polar surface area (TPSA) is 46.9 Å². The Morgan fingerprint density at radius 2 is 1.70 bits per heavy atom. The molecule has 27 heavy (non-hydrogen) atoms. The molecule has 0 aliphatic rings. The zero-order valence-corrected chi connectivity index (χ0v) is 13.6. The van der Waals surface area contributed by atoms with E-state index in [0.717, 1.165) is 30.5 Å². The summed E-state index contributed by atoms with van der Waals surface area (Å²) in [6.07, 6.45) is -4.13. The van der Waals surface area contributed by atoms with E-state index >= 15 is 0 Å². The van der Waals surface area contributed by atoms with E-state index in [0.29, 0.717) is 4.68 Å². The highest BCUT2D eigenvalue weighted by molar-refractivity contribution is 5.95. The third-order valence-electron chi connectivity index (χ3n) is 3.75. The van der Waals surface area contributed by atoms with Gasteiger partial charge >= 0.3 is 6.18 Å². The SMILES string of the molecule is O=C(NCc1ccccc1F)c1cnn(-c2ccc(F)cc2)c1C(F)(F)F. The first kappa shape index (κ1) is 18.6. The number of hydrogen-bond donors (Lipinski definition) is 1. The number of alkyl halides is 3. The van der Waals surface area contributed by atoms with Crippen LogP contribution in [0, 0.1) is 11.6 Å². The third-order valence-corrected chi connectivity index (χ3v) is 3.75. The van der Waals surface area contributed by atoms with E-state index in [-0.39, 0.29) is 17.8 Å². The fraction of sp³-hybridized carbons (Fsp3) is 0.111. The van der Waals surface area contributed by atoms with Crippen LogP contribution in [0.3, 0.4) is 0 Å². The second-order valence-corrected chi connectivity index (χ2v) is 5.57. The summed E-state index contributed by atoms with van der Waals surface area (Å²) in [6.45, 7) is -0.287. The first-order valence-electron chi connectivity index (χ1n) is 7.70. The molecule has 1 amide bonds. The van der Waals surface area contributed by atoms with E-state index in [1.54, 1.807) is 0 Å². The highest BCUT2D eigenvalue weighted by Gasteiger charge is 2.40. The molecule has 0 fully saturated rings. The molecule has 140 valence electrons. The molecular weight excluding hydrogens is 369 g/mol. The van der Waals surface area contributed by atoms with Crippen LogP contribution in [0.25, 0.3) is 5.69 Å². The van der Waals surface area contributed by atoms with Crippen molar-refractivity contribution in [3.63, 3.8) is 0 Å². The van der Waals surface area contributed by atoms with Crippen LogP contribution < -0.4 is 5.32 Å². The molecule has 0 aliphatic heterocycles. The number of halogens is 5. The van der Waals surface area contributed by atoms with Crippen molar-refractivity contribution in [3.8, 4) is 5.69 Å². The van der Waals surface area contributed by atoms with E-state index in [4.69, 9.17) is 0 Å². The van der Waals surface area contributed by atoms with Crippen LogP contribution in [-0.2, 0) is 12.7 Å². The Balaban J connectivity index is 1.92. The first-order chi connectivity index (χ1) is 12.8. The molecule has 2 aromatic carbocycles. The van der Waals surface area contributed by atoms with Crippen LogP contribution in [0.2, 0.25) is 0 Å². The maximum absolute atomic E-state index is 13.6. The van der Waals surface area contributed by atoms with Gasteiger partial charge < -0.3 is 5.32 Å². The van der Waals surface area contributed by atoms with Crippen LogP contribution in [0.15, 0.2) is 54.7 Å². The Bertz CT molecular complexity index is 964. The molecule has 3 aromatic rings. The summed E-state index contributed by atoms with van der Waals surface area (Å²) >= 11 is 0. The average Bonchev–Trinajstić information content (AvgIpc) is 3.07. The predicted octanol–water partition coefficient (Wildman–Crippen LogP) is 4.10. The highest BCUT2D eigenvalue weighted by Crippen LogP contribution is 2.33. The molecule has 0 atom stereocenters. The zero-order chi connectivity index (χ0) is 19.6. The Morgan fingerprint density at radius 1 is 1.04 bits per heavy atom. The summed E-state index contributed by atoms with van der Waals surface area (Å²) in [7, 11) is 0. The zero-order valence-electron chi connectivity index (χ0n) is 13.6. The van der Waals surface area contributed by atoms with Crippen molar-refractivity contribution < 1.29 is 26.7 Å². The summed E-state index contributed by atoms with van der Waals surface area (Å²) in [5.74, 6) is -2.27. The van der Waals surface area contributed by atoms with Crippen molar-refractivity contribution in [1.82, 2.24) is 15.1 Å². The third kappa shape index (κ3) is 3.97. The van der Waals surface area contributed by atoms with Gasteiger partial charge in [-0.05, 0) is 30.3 Å². The number of carbonyl (C=O) groups is 1. The summed E-state index contributed by atoms with van der Waals surface area (Å²) in [4.78, 5) is 12.2. The van der Waals surface area contributed by atoms with Gasteiger partial charge in [0.15, 0.2) is 5.69 Å². The number of hydrogen-bond acceptors (Lipinski definition) is 2. The fourth-order valence-electron chi connectivity index (χ4n) is 2.48. The van der Waals surface area contributed by atoms with Gasteiger partial charge in [0.1, 0.15) is 11.6 Å². The summed E-state index contributed by atoms with van der Waals surface area (Å²) in [5.41, 5.74) is -1.95. The number of nitrogens with zero attached hydrogens (tertiary/aromatic N) is 2. The van der Waals surface area contributed by atoms with Crippen molar-refractivity contribution in [2.45, 2.75) is 12.7 Å². The van der Waals surface area contributed by atoms with E-state index in [2.05, 4.69) is 10.4 Å². The van der Waals surface area contributed by atoms with Crippen molar-refractivity contribution >= 4 is 5.91 Å². The molecular formula is C18H12F5N3O. The summed E-state index contributed by atoms with van der Waals surface area (Å²) in [6, 6.07) is 9.76. The number of rotatable bonds is 4. The van der Waals surface area contributed by atoms with E-state index in [1.165, 1.54) is 24.3 Å². The lowest BCUT2D eigenvalue weighted by molar-refractivity contribution is -0.143. The van der Waals surface area contributed by atoms with Crippen molar-refractivity contribution in [3.05, 3.63) is 83.2 Å². The van der Waals surface area contributed by atoms with Crippen LogP contribution in [0.4, 0.5) is 22.0 Å². The molecule has 0 radical (unpaired) electrons. The minimum Gasteiger partial charge on any atom is -0.348 e. The van der Waals surface area contributed by atoms with Crippen LogP contribution in [-0.4, -0.2) is 15.7 Å². The van der Waals surface area contributed by atoms with Gasteiger partial charge in [-0.25, -0.2) is 13.5 Å². The van der Waals surface area contributed by atoms with Crippen molar-refractivity contribution in [2.75, 3.05) is 0 Å². The molecule has 0 saturated heterocycles. The lowest BCUT2D eigenvalue weighted by Crippen LogP contribution is -2.26. The Labute approximate surface area is 150 Å². The Hall–Kier alpha value is -3.23. The maximum atomic E-state index is 13.6. The number of amides is 1. The quantitative estimate of drug-likeness (QED) is 0.692. The minimum absolute atomic E-state index is 0.0584. The normalized spacial score (nSPS) is 11.4. The maximum Gasteiger partial charge on any atom is 0.434 e. The molecule has 1 aromatic heterocycles. The summed E-state index contributed by atoms with van der Waals surface area (Å²) in [5, 5.41) is 5.87. The van der Waals surface area contributed by atoms with Crippen LogP contribution in [0.1, 0.15) is 21.6 Å². The molecule has 1 heterocycles. The summed E-state index contributed by atoms with van der Waals surface area (Å²) < 4.78 is 67.7. The van der Waals surface area contributed by atoms with Gasteiger partial charge in [0, 0.05) is 12.1 Å². The largest absolute Gasteiger partial charge is 0.434 e. The van der Waals surface area contributed by atoms with Crippen LogP contribution >= 0.6 is 0 Å². The molecule has 0 aliphatic carbocycles. The Morgan fingerprint density at radius 3 is 2.33 bits per heavy atom. The smallest absolute Gasteiger partial charge is 0.348 e. The number of benzene rings is 2. The first-order valence-corrected chi connectivity index (χ1v) is 7.70. The molecule has 0 unspecified atom stereocenters. The lowest BCUT2D eigenvalue weighted by atomic mass is 10.2. The van der Waals surface area contributed by atoms with E-state index < -0.39 is 35.0 Å².